The summed E-state index contributed by atoms with van der Waals surface area (Å²) in [5.41, 5.74) is 2.38. The van der Waals surface area contributed by atoms with Crippen molar-refractivity contribution >= 4 is 27.2 Å². The molecule has 0 saturated heterocycles. The van der Waals surface area contributed by atoms with Gasteiger partial charge in [-0.15, -0.1) is 11.3 Å². The van der Waals surface area contributed by atoms with Gasteiger partial charge in [0, 0.05) is 6.07 Å². The van der Waals surface area contributed by atoms with Crippen LogP contribution in [0, 0.1) is 12.7 Å². The van der Waals surface area contributed by atoms with Crippen LogP contribution in [0.15, 0.2) is 77.0 Å². The number of rotatable bonds is 5. The first-order valence-electron chi connectivity index (χ1n) is 8.42. The van der Waals surface area contributed by atoms with Crippen molar-refractivity contribution in [3.63, 3.8) is 0 Å². The maximum absolute atomic E-state index is 13.2. The molecule has 0 bridgehead atoms. The van der Waals surface area contributed by atoms with Gasteiger partial charge in [0.05, 0.1) is 15.5 Å². The minimum absolute atomic E-state index is 0.0240. The third-order valence-electron chi connectivity index (χ3n) is 4.19. The molecule has 5 nitrogen and oxygen atoms in total. The van der Waals surface area contributed by atoms with E-state index < -0.39 is 15.8 Å². The highest BCUT2D eigenvalue weighted by Crippen LogP contribution is 2.30. The maximum atomic E-state index is 13.2. The van der Waals surface area contributed by atoms with Crippen LogP contribution in [-0.4, -0.2) is 18.2 Å². The van der Waals surface area contributed by atoms with Gasteiger partial charge in [-0.25, -0.2) is 17.5 Å². The average Bonchev–Trinajstić information content (AvgIpc) is 3.32. The van der Waals surface area contributed by atoms with Crippen molar-refractivity contribution < 1.29 is 12.8 Å². The molecule has 0 aliphatic carbocycles. The predicted molar refractivity (Wildman–Crippen MR) is 109 cm³/mol. The summed E-state index contributed by atoms with van der Waals surface area (Å²) < 4.78 is 42.9. The Morgan fingerprint density at radius 1 is 1.04 bits per heavy atom. The van der Waals surface area contributed by atoms with Crippen LogP contribution in [-0.2, 0) is 10.0 Å². The molecule has 0 aliphatic heterocycles. The largest absolute Gasteiger partial charge is 0.263 e. The molecule has 142 valence electrons. The SMILES string of the molecule is Cc1ccccc1-n1nc(-c2cccs2)cc1NS(=O)(=O)c1ccc(F)cc1. The number of aromatic nitrogens is 2. The lowest BCUT2D eigenvalue weighted by Crippen LogP contribution is -2.16. The van der Waals surface area contributed by atoms with E-state index in [-0.39, 0.29) is 4.90 Å². The van der Waals surface area contributed by atoms with Gasteiger partial charge in [-0.1, -0.05) is 24.3 Å². The molecule has 0 spiro atoms. The molecule has 4 rings (SSSR count). The van der Waals surface area contributed by atoms with Gasteiger partial charge in [-0.3, -0.25) is 4.72 Å². The van der Waals surface area contributed by atoms with Crippen molar-refractivity contribution in [3.8, 4) is 16.3 Å². The topological polar surface area (TPSA) is 64.0 Å². The van der Waals surface area contributed by atoms with Gasteiger partial charge in [0.2, 0.25) is 0 Å². The standard InChI is InChI=1S/C20H16FN3O2S2/c1-14-5-2-3-6-18(14)24-20(13-17(22-24)19-7-4-12-27-19)23-28(25,26)16-10-8-15(21)9-11-16/h2-13,23H,1H3. The lowest BCUT2D eigenvalue weighted by atomic mass is 10.2. The minimum atomic E-state index is -3.90. The van der Waals surface area contributed by atoms with E-state index in [9.17, 15) is 12.8 Å². The van der Waals surface area contributed by atoms with Crippen molar-refractivity contribution in [2.75, 3.05) is 4.72 Å². The summed E-state index contributed by atoms with van der Waals surface area (Å²) in [6.45, 7) is 1.93. The molecule has 4 aromatic rings. The predicted octanol–water partition coefficient (Wildman–Crippen LogP) is 4.85. The number of halogens is 1. The van der Waals surface area contributed by atoms with E-state index in [2.05, 4.69) is 9.82 Å². The third kappa shape index (κ3) is 3.56. The fourth-order valence-electron chi connectivity index (χ4n) is 2.79. The highest BCUT2D eigenvalue weighted by atomic mass is 32.2. The fraction of sp³-hybridized carbons (Fsp3) is 0.0500. The molecule has 2 aromatic heterocycles. The Morgan fingerprint density at radius 3 is 2.46 bits per heavy atom. The van der Waals surface area contributed by atoms with E-state index in [1.807, 2.05) is 48.7 Å². The van der Waals surface area contributed by atoms with E-state index >= 15 is 0 Å². The van der Waals surface area contributed by atoms with Gasteiger partial charge in [-0.2, -0.15) is 5.10 Å². The normalized spacial score (nSPS) is 11.5. The Labute approximate surface area is 166 Å². The number of sulfonamides is 1. The second kappa shape index (κ2) is 7.21. The van der Waals surface area contributed by atoms with Crippen LogP contribution in [0.1, 0.15) is 5.56 Å². The highest BCUT2D eigenvalue weighted by molar-refractivity contribution is 7.92. The zero-order valence-corrected chi connectivity index (χ0v) is 16.5. The lowest BCUT2D eigenvalue weighted by molar-refractivity contribution is 0.599. The summed E-state index contributed by atoms with van der Waals surface area (Å²) in [5.74, 6) is -0.189. The van der Waals surface area contributed by atoms with Crippen LogP contribution < -0.4 is 4.72 Å². The Bertz CT molecular complexity index is 1210. The van der Waals surface area contributed by atoms with Gasteiger partial charge in [0.15, 0.2) is 0 Å². The van der Waals surface area contributed by atoms with Gasteiger partial charge >= 0.3 is 0 Å². The van der Waals surface area contributed by atoms with Crippen LogP contribution >= 0.6 is 11.3 Å². The molecule has 0 aliphatic rings. The first kappa shape index (κ1) is 18.4. The molecule has 2 heterocycles. The van der Waals surface area contributed by atoms with Crippen molar-refractivity contribution in [1.82, 2.24) is 9.78 Å². The number of anilines is 1. The molecular weight excluding hydrogens is 397 g/mol. The first-order chi connectivity index (χ1) is 13.4. The van der Waals surface area contributed by atoms with Crippen LogP contribution in [0.25, 0.3) is 16.3 Å². The van der Waals surface area contributed by atoms with Crippen LogP contribution in [0.2, 0.25) is 0 Å². The zero-order chi connectivity index (χ0) is 19.7. The van der Waals surface area contributed by atoms with Gasteiger partial charge in [0.1, 0.15) is 17.3 Å². The summed E-state index contributed by atoms with van der Waals surface area (Å²) in [4.78, 5) is 0.902. The number of aryl methyl sites for hydroxylation is 1. The number of para-hydroxylation sites is 1. The van der Waals surface area contributed by atoms with Gasteiger partial charge < -0.3 is 0 Å². The van der Waals surface area contributed by atoms with Gasteiger partial charge in [-0.05, 0) is 54.3 Å². The molecule has 1 N–H and O–H groups in total. The first-order valence-corrected chi connectivity index (χ1v) is 10.8. The van der Waals surface area contributed by atoms with E-state index in [4.69, 9.17) is 0 Å². The Morgan fingerprint density at radius 2 is 1.79 bits per heavy atom. The number of hydrogen-bond donors (Lipinski definition) is 1. The molecule has 0 radical (unpaired) electrons. The molecule has 2 aromatic carbocycles. The number of nitrogens with zero attached hydrogens (tertiary/aromatic N) is 2. The Hall–Kier alpha value is -2.97. The second-order valence-electron chi connectivity index (χ2n) is 6.15. The van der Waals surface area contributed by atoms with E-state index in [0.717, 1.165) is 28.3 Å². The molecule has 28 heavy (non-hydrogen) atoms. The molecule has 0 fully saturated rings. The molecule has 8 heteroatoms. The Kier molecular flexibility index (Phi) is 4.74. The zero-order valence-electron chi connectivity index (χ0n) is 14.8. The molecule has 0 amide bonds. The van der Waals surface area contributed by atoms with E-state index in [1.54, 1.807) is 10.7 Å². The third-order valence-corrected chi connectivity index (χ3v) is 6.45. The second-order valence-corrected chi connectivity index (χ2v) is 8.78. The monoisotopic (exact) mass is 413 g/mol. The van der Waals surface area contributed by atoms with E-state index in [1.165, 1.54) is 23.5 Å². The van der Waals surface area contributed by atoms with Crippen LogP contribution in [0.4, 0.5) is 10.2 Å². The summed E-state index contributed by atoms with van der Waals surface area (Å²) in [7, 11) is -3.90. The van der Waals surface area contributed by atoms with Crippen molar-refractivity contribution in [2.24, 2.45) is 0 Å². The quantitative estimate of drug-likeness (QED) is 0.509. The van der Waals surface area contributed by atoms with E-state index in [0.29, 0.717) is 11.5 Å². The maximum Gasteiger partial charge on any atom is 0.263 e. The Balaban J connectivity index is 1.81. The lowest BCUT2D eigenvalue weighted by Gasteiger charge is -2.12. The summed E-state index contributed by atoms with van der Waals surface area (Å²) in [5, 5.41) is 6.55. The molecule has 0 atom stereocenters. The van der Waals surface area contributed by atoms with Crippen molar-refractivity contribution in [2.45, 2.75) is 11.8 Å². The summed E-state index contributed by atoms with van der Waals surface area (Å²) >= 11 is 1.52. The molecule has 0 saturated carbocycles. The smallest absolute Gasteiger partial charge is 0.263 e. The summed E-state index contributed by atoms with van der Waals surface area (Å²) in [6, 6.07) is 17.8. The van der Waals surface area contributed by atoms with Crippen LogP contribution in [0.5, 0.6) is 0 Å². The summed E-state index contributed by atoms with van der Waals surface area (Å²) in [6.07, 6.45) is 0. The van der Waals surface area contributed by atoms with Crippen LogP contribution in [0.3, 0.4) is 0 Å². The fourth-order valence-corrected chi connectivity index (χ4v) is 4.51. The van der Waals surface area contributed by atoms with Crippen molar-refractivity contribution in [1.29, 1.82) is 0 Å². The minimum Gasteiger partial charge on any atom is -0.263 e. The molecule has 0 unspecified atom stereocenters. The average molecular weight is 413 g/mol. The highest BCUT2D eigenvalue weighted by Gasteiger charge is 2.20. The number of hydrogen-bond acceptors (Lipinski definition) is 4. The number of benzene rings is 2. The van der Waals surface area contributed by atoms with Crippen molar-refractivity contribution in [3.05, 3.63) is 83.5 Å². The number of thiophene rings is 1. The number of nitrogens with one attached hydrogen (secondary N) is 1. The molecular formula is C20H16FN3O2S2. The van der Waals surface area contributed by atoms with Gasteiger partial charge in [0.25, 0.3) is 10.0 Å².